The first kappa shape index (κ1) is 19.8. The van der Waals surface area contributed by atoms with Crippen LogP contribution in [0.4, 0.5) is 0 Å². The number of nitrogens with one attached hydrogen (secondary N) is 1. The van der Waals surface area contributed by atoms with Crippen molar-refractivity contribution in [3.8, 4) is 0 Å². The third-order valence-electron chi connectivity index (χ3n) is 4.14. The maximum atomic E-state index is 12.0. The first-order valence-electron chi connectivity index (χ1n) is 8.54. The smallest absolute Gasteiger partial charge is 0.311 e. The molecule has 1 aromatic rings. The van der Waals surface area contributed by atoms with E-state index in [4.69, 9.17) is 27.9 Å². The molecule has 1 aliphatic carbocycles. The first-order chi connectivity index (χ1) is 12.0. The van der Waals surface area contributed by atoms with Gasteiger partial charge in [0, 0.05) is 6.54 Å². The molecule has 1 atom stereocenters. The summed E-state index contributed by atoms with van der Waals surface area (Å²) in [5.41, 5.74) is 2.09. The molecule has 0 spiro atoms. The summed E-state index contributed by atoms with van der Waals surface area (Å²) in [6.45, 7) is 2.14. The molecule has 0 bridgehead atoms. The lowest BCUT2D eigenvalue weighted by molar-refractivity contribution is -0.154. The van der Waals surface area contributed by atoms with E-state index >= 15 is 0 Å². The minimum atomic E-state index is -0.824. The largest absolute Gasteiger partial charge is 0.452 e. The fraction of sp³-hybridized carbons (Fsp3) is 0.474. The predicted octanol–water partition coefficient (Wildman–Crippen LogP) is 4.47. The van der Waals surface area contributed by atoms with Gasteiger partial charge in [-0.25, -0.2) is 0 Å². The Kier molecular flexibility index (Phi) is 7.79. The van der Waals surface area contributed by atoms with Gasteiger partial charge in [-0.15, -0.1) is 0 Å². The van der Waals surface area contributed by atoms with E-state index in [-0.39, 0.29) is 12.3 Å². The van der Waals surface area contributed by atoms with Crippen LogP contribution in [0, 0.1) is 0 Å². The third-order valence-corrected chi connectivity index (χ3v) is 4.88. The molecule has 0 saturated carbocycles. The fourth-order valence-corrected chi connectivity index (χ4v) is 3.05. The number of benzene rings is 1. The Morgan fingerprint density at radius 3 is 2.72 bits per heavy atom. The maximum Gasteiger partial charge on any atom is 0.311 e. The number of rotatable bonds is 7. The standard InChI is InChI=1S/C19H23Cl2NO3/c1-13(19(24)22-10-9-14-5-3-2-4-6-14)25-18(23)12-15-7-8-16(20)17(21)11-15/h5,7-8,11,13H,2-4,6,9-10,12H2,1H3,(H,22,24)/t13-/m1/s1. The lowest BCUT2D eigenvalue weighted by Crippen LogP contribution is -2.36. The summed E-state index contributed by atoms with van der Waals surface area (Å²) in [4.78, 5) is 24.0. The minimum Gasteiger partial charge on any atom is -0.452 e. The number of carbonyl (C=O) groups is 2. The van der Waals surface area contributed by atoms with Crippen LogP contribution in [0.15, 0.2) is 29.8 Å². The van der Waals surface area contributed by atoms with Crippen LogP contribution in [0.3, 0.4) is 0 Å². The van der Waals surface area contributed by atoms with Gasteiger partial charge in [0.15, 0.2) is 6.10 Å². The van der Waals surface area contributed by atoms with E-state index in [0.29, 0.717) is 22.2 Å². The number of esters is 1. The Labute approximate surface area is 158 Å². The van der Waals surface area contributed by atoms with Crippen LogP contribution >= 0.6 is 23.2 Å². The highest BCUT2D eigenvalue weighted by Crippen LogP contribution is 2.23. The lowest BCUT2D eigenvalue weighted by Gasteiger charge is -2.15. The average Bonchev–Trinajstić information content (AvgIpc) is 2.59. The van der Waals surface area contributed by atoms with Crippen molar-refractivity contribution < 1.29 is 14.3 Å². The van der Waals surface area contributed by atoms with Crippen molar-refractivity contribution in [2.75, 3.05) is 6.54 Å². The molecule has 6 heteroatoms. The van der Waals surface area contributed by atoms with Gasteiger partial charge in [0.2, 0.25) is 0 Å². The first-order valence-corrected chi connectivity index (χ1v) is 9.30. The van der Waals surface area contributed by atoms with Gasteiger partial charge in [0.05, 0.1) is 16.5 Å². The van der Waals surface area contributed by atoms with Crippen LogP contribution < -0.4 is 5.32 Å². The number of ether oxygens (including phenoxy) is 1. The topological polar surface area (TPSA) is 55.4 Å². The number of carbonyl (C=O) groups excluding carboxylic acids is 2. The number of amides is 1. The highest BCUT2D eigenvalue weighted by atomic mass is 35.5. The van der Waals surface area contributed by atoms with Crippen LogP contribution in [-0.2, 0) is 20.7 Å². The van der Waals surface area contributed by atoms with E-state index in [1.54, 1.807) is 25.1 Å². The summed E-state index contributed by atoms with van der Waals surface area (Å²) < 4.78 is 5.19. The van der Waals surface area contributed by atoms with Gasteiger partial charge >= 0.3 is 5.97 Å². The molecule has 0 heterocycles. The van der Waals surface area contributed by atoms with Crippen molar-refractivity contribution in [3.63, 3.8) is 0 Å². The van der Waals surface area contributed by atoms with Gasteiger partial charge in [0.1, 0.15) is 0 Å². The molecule has 1 amide bonds. The van der Waals surface area contributed by atoms with E-state index in [2.05, 4.69) is 11.4 Å². The zero-order chi connectivity index (χ0) is 18.2. The summed E-state index contributed by atoms with van der Waals surface area (Å²) >= 11 is 11.8. The second-order valence-corrected chi connectivity index (χ2v) is 7.02. The molecule has 136 valence electrons. The highest BCUT2D eigenvalue weighted by Gasteiger charge is 2.18. The summed E-state index contributed by atoms with van der Waals surface area (Å²) in [5, 5.41) is 3.63. The Hall–Kier alpha value is -1.52. The van der Waals surface area contributed by atoms with Crippen LogP contribution in [0.1, 0.15) is 44.6 Å². The van der Waals surface area contributed by atoms with Crippen molar-refractivity contribution in [1.82, 2.24) is 5.32 Å². The van der Waals surface area contributed by atoms with E-state index in [0.717, 1.165) is 19.3 Å². The zero-order valence-corrected chi connectivity index (χ0v) is 15.8. The zero-order valence-electron chi connectivity index (χ0n) is 14.3. The number of hydrogen-bond acceptors (Lipinski definition) is 3. The monoisotopic (exact) mass is 383 g/mol. The molecule has 25 heavy (non-hydrogen) atoms. The summed E-state index contributed by atoms with van der Waals surface area (Å²) in [6, 6.07) is 4.95. The molecule has 0 aromatic heterocycles. The van der Waals surface area contributed by atoms with Crippen molar-refractivity contribution >= 4 is 35.1 Å². The Bertz CT molecular complexity index is 658. The minimum absolute atomic E-state index is 0.0431. The second-order valence-electron chi connectivity index (χ2n) is 6.21. The van der Waals surface area contributed by atoms with Crippen molar-refractivity contribution in [1.29, 1.82) is 0 Å². The molecule has 0 saturated heterocycles. The van der Waals surface area contributed by atoms with Crippen LogP contribution in [0.2, 0.25) is 10.0 Å². The Morgan fingerprint density at radius 1 is 1.24 bits per heavy atom. The molecule has 1 N–H and O–H groups in total. The van der Waals surface area contributed by atoms with Gasteiger partial charge in [0.25, 0.3) is 5.91 Å². The van der Waals surface area contributed by atoms with E-state index in [9.17, 15) is 9.59 Å². The maximum absolute atomic E-state index is 12.0. The van der Waals surface area contributed by atoms with Crippen molar-refractivity contribution in [2.24, 2.45) is 0 Å². The Morgan fingerprint density at radius 2 is 2.04 bits per heavy atom. The van der Waals surface area contributed by atoms with Gasteiger partial charge in [-0.3, -0.25) is 9.59 Å². The Balaban J connectivity index is 1.72. The average molecular weight is 384 g/mol. The SMILES string of the molecule is C[C@@H](OC(=O)Cc1ccc(Cl)c(Cl)c1)C(=O)NCCC1=CCCCC1. The normalized spacial score (nSPS) is 15.2. The van der Waals surface area contributed by atoms with Crippen molar-refractivity contribution in [3.05, 3.63) is 45.5 Å². The molecule has 4 nitrogen and oxygen atoms in total. The lowest BCUT2D eigenvalue weighted by atomic mass is 9.97. The summed E-state index contributed by atoms with van der Waals surface area (Å²) in [5.74, 6) is -0.755. The third kappa shape index (κ3) is 6.71. The second kappa shape index (κ2) is 9.83. The van der Waals surface area contributed by atoms with E-state index in [1.165, 1.54) is 18.4 Å². The highest BCUT2D eigenvalue weighted by molar-refractivity contribution is 6.42. The number of hydrogen-bond donors (Lipinski definition) is 1. The molecule has 0 unspecified atom stereocenters. The molecule has 0 radical (unpaired) electrons. The van der Waals surface area contributed by atoms with E-state index in [1.807, 2.05) is 0 Å². The van der Waals surface area contributed by atoms with Gasteiger partial charge in [-0.2, -0.15) is 0 Å². The van der Waals surface area contributed by atoms with Crippen LogP contribution in [-0.4, -0.2) is 24.5 Å². The van der Waals surface area contributed by atoms with Crippen LogP contribution in [0.25, 0.3) is 0 Å². The molecule has 1 aromatic carbocycles. The van der Waals surface area contributed by atoms with E-state index < -0.39 is 12.1 Å². The fourth-order valence-electron chi connectivity index (χ4n) is 2.73. The van der Waals surface area contributed by atoms with Gasteiger partial charge < -0.3 is 10.1 Å². The molecular formula is C19H23Cl2NO3. The van der Waals surface area contributed by atoms with Gasteiger partial charge in [-0.05, 0) is 56.7 Å². The molecule has 1 aliphatic rings. The number of halogens is 2. The predicted molar refractivity (Wildman–Crippen MR) is 99.9 cm³/mol. The quantitative estimate of drug-likeness (QED) is 0.557. The van der Waals surface area contributed by atoms with Crippen molar-refractivity contribution in [2.45, 2.75) is 51.6 Å². The summed E-state index contributed by atoms with van der Waals surface area (Å²) in [7, 11) is 0. The number of allylic oxidation sites excluding steroid dienone is 1. The summed E-state index contributed by atoms with van der Waals surface area (Å²) in [6.07, 6.45) is 7.06. The van der Waals surface area contributed by atoms with Crippen LogP contribution in [0.5, 0.6) is 0 Å². The molecule has 2 rings (SSSR count). The molecule has 0 aliphatic heterocycles. The molecule has 0 fully saturated rings. The molecular weight excluding hydrogens is 361 g/mol. The van der Waals surface area contributed by atoms with Gasteiger partial charge in [-0.1, -0.05) is 40.9 Å².